The van der Waals surface area contributed by atoms with Crippen molar-refractivity contribution in [3.05, 3.63) is 53.3 Å². The van der Waals surface area contributed by atoms with E-state index in [1.54, 1.807) is 6.20 Å². The number of carbonyl (C=O) groups is 2. The van der Waals surface area contributed by atoms with Gasteiger partial charge in [0.1, 0.15) is 0 Å². The van der Waals surface area contributed by atoms with E-state index in [9.17, 15) is 18.0 Å². The molecule has 0 spiro atoms. The number of benzene rings is 1. The number of aromatic nitrogens is 3. The van der Waals surface area contributed by atoms with E-state index < -0.39 is 17.7 Å². The number of halogens is 3. The normalized spacial score (nSPS) is 11.8. The SMILES string of the molecule is Cc1ccc2ncc(C(=O)NC(C)(C)c3noc(CN(C)C)n3)cc2c1.O=C(O)C(F)(F)F. The monoisotopic (exact) mass is 467 g/mol. The van der Waals surface area contributed by atoms with Gasteiger partial charge in [-0.05, 0) is 53.1 Å². The molecule has 1 amide bonds. The molecule has 0 unspecified atom stereocenters. The number of nitrogens with one attached hydrogen (secondary N) is 1. The summed E-state index contributed by atoms with van der Waals surface area (Å²) in [5.41, 5.74) is 1.70. The molecule has 0 bridgehead atoms. The van der Waals surface area contributed by atoms with E-state index >= 15 is 0 Å². The number of aryl methyl sites for hydroxylation is 1. The lowest BCUT2D eigenvalue weighted by atomic mass is 10.0. The lowest BCUT2D eigenvalue weighted by Gasteiger charge is -2.22. The predicted molar refractivity (Wildman–Crippen MR) is 112 cm³/mol. The van der Waals surface area contributed by atoms with Crippen LogP contribution < -0.4 is 5.32 Å². The minimum Gasteiger partial charge on any atom is -0.475 e. The molecule has 33 heavy (non-hydrogen) atoms. The second-order valence-electron chi connectivity index (χ2n) is 8.05. The number of aliphatic carboxylic acids is 1. The molecular weight excluding hydrogens is 443 g/mol. The highest BCUT2D eigenvalue weighted by Crippen LogP contribution is 2.20. The Morgan fingerprint density at radius 1 is 1.18 bits per heavy atom. The van der Waals surface area contributed by atoms with Gasteiger partial charge in [-0.25, -0.2) is 4.79 Å². The molecule has 178 valence electrons. The highest BCUT2D eigenvalue weighted by atomic mass is 19.4. The summed E-state index contributed by atoms with van der Waals surface area (Å²) in [5.74, 6) is -2.04. The molecule has 0 saturated heterocycles. The van der Waals surface area contributed by atoms with Crippen LogP contribution in [0.3, 0.4) is 0 Å². The number of carboxylic acids is 1. The van der Waals surface area contributed by atoms with Crippen LogP contribution in [0.25, 0.3) is 10.9 Å². The first-order valence-corrected chi connectivity index (χ1v) is 9.66. The lowest BCUT2D eigenvalue weighted by molar-refractivity contribution is -0.192. The molecule has 0 aliphatic rings. The van der Waals surface area contributed by atoms with Crippen molar-refractivity contribution in [1.82, 2.24) is 25.3 Å². The highest BCUT2D eigenvalue weighted by molar-refractivity contribution is 5.97. The van der Waals surface area contributed by atoms with Gasteiger partial charge in [-0.3, -0.25) is 9.78 Å². The Kier molecular flexibility index (Phi) is 7.75. The molecule has 0 aliphatic carbocycles. The van der Waals surface area contributed by atoms with Gasteiger partial charge < -0.3 is 19.8 Å². The van der Waals surface area contributed by atoms with Gasteiger partial charge in [0, 0.05) is 11.6 Å². The van der Waals surface area contributed by atoms with Crippen molar-refractivity contribution in [3.8, 4) is 0 Å². The topological polar surface area (TPSA) is 121 Å². The number of pyridine rings is 1. The van der Waals surface area contributed by atoms with E-state index in [2.05, 4.69) is 20.4 Å². The Bertz CT molecular complexity index is 1140. The van der Waals surface area contributed by atoms with Crippen LogP contribution in [0.4, 0.5) is 13.2 Å². The van der Waals surface area contributed by atoms with Gasteiger partial charge in [0.15, 0.2) is 5.82 Å². The maximum absolute atomic E-state index is 12.7. The molecule has 2 N–H and O–H groups in total. The fraction of sp³-hybridized carbons (Fsp3) is 0.381. The van der Waals surface area contributed by atoms with Crippen molar-refractivity contribution >= 4 is 22.8 Å². The van der Waals surface area contributed by atoms with Crippen LogP contribution in [-0.2, 0) is 16.9 Å². The molecule has 1 aromatic carbocycles. The molecule has 9 nitrogen and oxygen atoms in total. The summed E-state index contributed by atoms with van der Waals surface area (Å²) in [5, 5.41) is 15.0. The Balaban J connectivity index is 0.000000479. The van der Waals surface area contributed by atoms with Gasteiger partial charge >= 0.3 is 12.1 Å². The van der Waals surface area contributed by atoms with Gasteiger partial charge in [0.05, 0.1) is 23.2 Å². The largest absolute Gasteiger partial charge is 0.490 e. The molecule has 3 aromatic rings. The number of carbonyl (C=O) groups excluding carboxylic acids is 1. The van der Waals surface area contributed by atoms with Crippen molar-refractivity contribution in [3.63, 3.8) is 0 Å². The summed E-state index contributed by atoms with van der Waals surface area (Å²) >= 11 is 0. The average Bonchev–Trinajstić information content (AvgIpc) is 3.15. The molecule has 2 aromatic heterocycles. The molecule has 0 saturated carbocycles. The zero-order valence-corrected chi connectivity index (χ0v) is 18.7. The lowest BCUT2D eigenvalue weighted by Crippen LogP contribution is -2.42. The standard InChI is InChI=1S/C19H23N5O2.C2HF3O2/c1-12-6-7-15-13(8-12)9-14(10-20-15)17(25)22-19(2,3)18-21-16(26-23-18)11-24(4)5;3-2(4,5)1(6)7/h6-10H,11H2,1-5H3,(H,22,25);(H,6,7). The first-order valence-electron chi connectivity index (χ1n) is 9.66. The molecule has 0 fully saturated rings. The summed E-state index contributed by atoms with van der Waals surface area (Å²) in [6, 6.07) is 7.80. The number of alkyl halides is 3. The third kappa shape index (κ3) is 7.24. The highest BCUT2D eigenvalue weighted by Gasteiger charge is 2.38. The molecule has 3 rings (SSSR count). The smallest absolute Gasteiger partial charge is 0.475 e. The first kappa shape index (κ1) is 25.7. The van der Waals surface area contributed by atoms with Gasteiger partial charge in [0.2, 0.25) is 5.89 Å². The van der Waals surface area contributed by atoms with Gasteiger partial charge in [-0.1, -0.05) is 16.8 Å². The quantitative estimate of drug-likeness (QED) is 0.586. The molecule has 2 heterocycles. The van der Waals surface area contributed by atoms with Crippen molar-refractivity contribution in [1.29, 1.82) is 0 Å². The van der Waals surface area contributed by atoms with Crippen LogP contribution in [0.15, 0.2) is 35.0 Å². The fourth-order valence-corrected chi connectivity index (χ4v) is 2.63. The van der Waals surface area contributed by atoms with Crippen molar-refractivity contribution in [2.45, 2.75) is 39.0 Å². The molecule has 12 heteroatoms. The maximum Gasteiger partial charge on any atom is 0.490 e. The van der Waals surface area contributed by atoms with Gasteiger partial charge in [0.25, 0.3) is 5.91 Å². The van der Waals surface area contributed by atoms with Crippen LogP contribution >= 0.6 is 0 Å². The minimum absolute atomic E-state index is 0.232. The van der Waals surface area contributed by atoms with E-state index in [0.717, 1.165) is 16.5 Å². The molecule has 0 aliphatic heterocycles. The number of nitrogens with zero attached hydrogens (tertiary/aromatic N) is 4. The Labute approximate surface area is 187 Å². The summed E-state index contributed by atoms with van der Waals surface area (Å²) in [7, 11) is 3.84. The minimum atomic E-state index is -5.08. The molecule has 0 atom stereocenters. The van der Waals surface area contributed by atoms with Crippen molar-refractivity contribution < 1.29 is 32.4 Å². The molecule has 0 radical (unpaired) electrons. The number of hydrogen-bond acceptors (Lipinski definition) is 7. The third-order valence-corrected chi connectivity index (χ3v) is 4.25. The maximum atomic E-state index is 12.7. The van der Waals surface area contributed by atoms with Gasteiger partial charge in [-0.2, -0.15) is 18.2 Å². The summed E-state index contributed by atoms with van der Waals surface area (Å²) in [6.07, 6.45) is -3.50. The van der Waals surface area contributed by atoms with Crippen LogP contribution in [0, 0.1) is 6.92 Å². The van der Waals surface area contributed by atoms with Crippen molar-refractivity contribution in [2.75, 3.05) is 14.1 Å². The van der Waals surface area contributed by atoms with E-state index in [1.165, 1.54) is 0 Å². The third-order valence-electron chi connectivity index (χ3n) is 4.25. The number of carboxylic acid groups (broad SMARTS) is 1. The number of fused-ring (bicyclic) bond motifs is 1. The summed E-state index contributed by atoms with van der Waals surface area (Å²) < 4.78 is 37.0. The Hall–Kier alpha value is -3.54. The average molecular weight is 467 g/mol. The summed E-state index contributed by atoms with van der Waals surface area (Å²) in [6.45, 7) is 6.24. The Morgan fingerprint density at radius 3 is 2.39 bits per heavy atom. The predicted octanol–water partition coefficient (Wildman–Crippen LogP) is 3.29. The Morgan fingerprint density at radius 2 is 1.82 bits per heavy atom. The number of amides is 1. The second kappa shape index (κ2) is 9.94. The fourth-order valence-electron chi connectivity index (χ4n) is 2.63. The number of rotatable bonds is 5. The summed E-state index contributed by atoms with van der Waals surface area (Å²) in [4.78, 5) is 32.3. The van der Waals surface area contributed by atoms with Crippen LogP contribution in [0.5, 0.6) is 0 Å². The van der Waals surface area contributed by atoms with Crippen LogP contribution in [-0.4, -0.2) is 57.3 Å². The zero-order chi connectivity index (χ0) is 25.0. The van der Waals surface area contributed by atoms with Crippen LogP contribution in [0.1, 0.15) is 41.5 Å². The van der Waals surface area contributed by atoms with E-state index in [1.807, 2.05) is 64.0 Å². The second-order valence-corrected chi connectivity index (χ2v) is 8.05. The molecular formula is C21H24F3N5O4. The van der Waals surface area contributed by atoms with E-state index in [-0.39, 0.29) is 5.91 Å². The number of hydrogen-bond donors (Lipinski definition) is 2. The first-order chi connectivity index (χ1) is 15.2. The zero-order valence-electron chi connectivity index (χ0n) is 18.7. The van der Waals surface area contributed by atoms with E-state index in [0.29, 0.717) is 23.8 Å². The van der Waals surface area contributed by atoms with E-state index in [4.69, 9.17) is 14.4 Å². The van der Waals surface area contributed by atoms with Crippen LogP contribution in [0.2, 0.25) is 0 Å². The van der Waals surface area contributed by atoms with Crippen molar-refractivity contribution in [2.24, 2.45) is 0 Å². The van der Waals surface area contributed by atoms with Gasteiger partial charge in [-0.15, -0.1) is 0 Å².